The lowest BCUT2D eigenvalue weighted by Gasteiger charge is -2.20. The molecule has 0 rings (SSSR count). The summed E-state index contributed by atoms with van der Waals surface area (Å²) in [7, 11) is 0. The molecule has 0 heterocycles. The fourth-order valence-corrected chi connectivity index (χ4v) is 1.60. The Morgan fingerprint density at radius 2 is 2.00 bits per heavy atom. The maximum Gasteiger partial charge on any atom is 0.192 e. The minimum atomic E-state index is 0. The van der Waals surface area contributed by atoms with Gasteiger partial charge in [0.25, 0.3) is 0 Å². The third-order valence-electron chi connectivity index (χ3n) is 2.51. The number of halogens is 1. The largest absolute Gasteiger partial charge is 0.378 e. The molecule has 0 saturated heterocycles. The number of hydrogen-bond donors (Lipinski definition) is 2. The molecule has 0 aliphatic heterocycles. The molecule has 4 nitrogen and oxygen atoms in total. The Labute approximate surface area is 135 Å². The first-order valence-electron chi connectivity index (χ1n) is 6.72. The number of guanidine groups is 1. The van der Waals surface area contributed by atoms with Gasteiger partial charge < -0.3 is 15.4 Å². The third-order valence-corrected chi connectivity index (χ3v) is 2.51. The van der Waals surface area contributed by atoms with Gasteiger partial charge in [0, 0.05) is 19.7 Å². The molecule has 0 radical (unpaired) electrons. The van der Waals surface area contributed by atoms with Gasteiger partial charge in [0.1, 0.15) is 0 Å². The fraction of sp³-hybridized carbons (Fsp3) is 0.786. The van der Waals surface area contributed by atoms with Crippen molar-refractivity contribution in [3.8, 4) is 12.3 Å². The average Bonchev–Trinajstić information content (AvgIpc) is 2.34. The van der Waals surface area contributed by atoms with E-state index in [9.17, 15) is 0 Å². The van der Waals surface area contributed by atoms with Crippen molar-refractivity contribution in [2.24, 2.45) is 10.9 Å². The molecule has 0 saturated carbocycles. The zero-order valence-electron chi connectivity index (χ0n) is 12.5. The van der Waals surface area contributed by atoms with Crippen LogP contribution < -0.4 is 10.6 Å². The predicted octanol–water partition coefficient (Wildman–Crippen LogP) is 2.24. The summed E-state index contributed by atoms with van der Waals surface area (Å²) >= 11 is 0. The maximum absolute atomic E-state index is 5.68. The van der Waals surface area contributed by atoms with Crippen molar-refractivity contribution in [3.63, 3.8) is 0 Å². The van der Waals surface area contributed by atoms with Crippen molar-refractivity contribution in [2.75, 3.05) is 26.2 Å². The lowest BCUT2D eigenvalue weighted by Crippen LogP contribution is -2.37. The molecule has 0 spiro atoms. The highest BCUT2D eigenvalue weighted by Gasteiger charge is 2.12. The molecule has 112 valence electrons. The zero-order chi connectivity index (χ0) is 13.8. The summed E-state index contributed by atoms with van der Waals surface area (Å²) in [6.07, 6.45) is 6.42. The molecule has 0 aromatic carbocycles. The Kier molecular flexibility index (Phi) is 15.3. The molecular formula is C14H28IN3O. The van der Waals surface area contributed by atoms with E-state index in [1.807, 2.05) is 13.8 Å². The molecule has 0 aliphatic rings. The standard InChI is InChI=1S/C14H27N3O.HI/c1-6-10-16-14(15-7-2)17-11-9-13(12(4)5)18-8-3;/h1,12-13H,7-11H2,2-5H3,(H2,15,16,17);1H. The van der Waals surface area contributed by atoms with Crippen molar-refractivity contribution in [3.05, 3.63) is 0 Å². The second-order valence-corrected chi connectivity index (χ2v) is 4.34. The minimum Gasteiger partial charge on any atom is -0.378 e. The van der Waals surface area contributed by atoms with Crippen LogP contribution in [0.2, 0.25) is 0 Å². The molecule has 0 bridgehead atoms. The van der Waals surface area contributed by atoms with Crippen LogP contribution in [0.1, 0.15) is 34.1 Å². The first kappa shape index (κ1) is 20.8. The van der Waals surface area contributed by atoms with Crippen LogP contribution in [0, 0.1) is 18.3 Å². The van der Waals surface area contributed by atoms with Crippen molar-refractivity contribution < 1.29 is 4.74 Å². The van der Waals surface area contributed by atoms with Gasteiger partial charge in [-0.1, -0.05) is 19.8 Å². The summed E-state index contributed by atoms with van der Waals surface area (Å²) in [6.45, 7) is 11.2. The van der Waals surface area contributed by atoms with Crippen LogP contribution in [-0.2, 0) is 4.74 Å². The maximum atomic E-state index is 5.68. The Morgan fingerprint density at radius 3 is 2.47 bits per heavy atom. The van der Waals surface area contributed by atoms with E-state index in [1.54, 1.807) is 0 Å². The molecule has 0 fully saturated rings. The number of terminal acetylenes is 1. The summed E-state index contributed by atoms with van der Waals surface area (Å²) in [6, 6.07) is 0. The van der Waals surface area contributed by atoms with Crippen LogP contribution in [0.3, 0.4) is 0 Å². The van der Waals surface area contributed by atoms with Gasteiger partial charge in [-0.2, -0.15) is 0 Å². The number of hydrogen-bond acceptors (Lipinski definition) is 2. The van der Waals surface area contributed by atoms with Crippen LogP contribution in [0.15, 0.2) is 4.99 Å². The quantitative estimate of drug-likeness (QED) is 0.293. The van der Waals surface area contributed by atoms with Gasteiger partial charge in [0.15, 0.2) is 5.96 Å². The Morgan fingerprint density at radius 1 is 1.32 bits per heavy atom. The smallest absolute Gasteiger partial charge is 0.192 e. The predicted molar refractivity (Wildman–Crippen MR) is 93.1 cm³/mol. The summed E-state index contributed by atoms with van der Waals surface area (Å²) < 4.78 is 5.68. The van der Waals surface area contributed by atoms with Crippen LogP contribution in [0.5, 0.6) is 0 Å². The van der Waals surface area contributed by atoms with Crippen molar-refractivity contribution >= 4 is 29.9 Å². The van der Waals surface area contributed by atoms with E-state index >= 15 is 0 Å². The van der Waals surface area contributed by atoms with E-state index in [-0.39, 0.29) is 30.1 Å². The summed E-state index contributed by atoms with van der Waals surface area (Å²) in [5.41, 5.74) is 0. The molecule has 0 aromatic rings. The van der Waals surface area contributed by atoms with Crippen LogP contribution in [-0.4, -0.2) is 38.3 Å². The fourth-order valence-electron chi connectivity index (χ4n) is 1.60. The molecule has 1 unspecified atom stereocenters. The van der Waals surface area contributed by atoms with Crippen molar-refractivity contribution in [1.82, 2.24) is 10.6 Å². The topological polar surface area (TPSA) is 45.7 Å². The van der Waals surface area contributed by atoms with Crippen molar-refractivity contribution in [2.45, 2.75) is 40.2 Å². The van der Waals surface area contributed by atoms with E-state index in [4.69, 9.17) is 11.2 Å². The van der Waals surface area contributed by atoms with Crippen LogP contribution in [0.4, 0.5) is 0 Å². The van der Waals surface area contributed by atoms with Gasteiger partial charge in [-0.05, 0) is 26.2 Å². The average molecular weight is 381 g/mol. The number of nitrogens with zero attached hydrogens (tertiary/aromatic N) is 1. The Bertz CT molecular complexity index is 274. The molecule has 19 heavy (non-hydrogen) atoms. The van der Waals surface area contributed by atoms with E-state index in [0.717, 1.165) is 32.1 Å². The summed E-state index contributed by atoms with van der Waals surface area (Å²) in [4.78, 5) is 4.47. The van der Waals surface area contributed by atoms with Crippen LogP contribution in [0.25, 0.3) is 0 Å². The molecular weight excluding hydrogens is 353 g/mol. The summed E-state index contributed by atoms with van der Waals surface area (Å²) in [5.74, 6) is 3.83. The summed E-state index contributed by atoms with van der Waals surface area (Å²) in [5, 5.41) is 6.22. The van der Waals surface area contributed by atoms with Gasteiger partial charge in [-0.3, -0.25) is 4.99 Å². The number of ether oxygens (including phenoxy) is 1. The third kappa shape index (κ3) is 11.1. The van der Waals surface area contributed by atoms with Gasteiger partial charge in [-0.15, -0.1) is 30.4 Å². The van der Waals surface area contributed by atoms with E-state index < -0.39 is 0 Å². The lowest BCUT2D eigenvalue weighted by molar-refractivity contribution is 0.0266. The van der Waals surface area contributed by atoms with Gasteiger partial charge >= 0.3 is 0 Å². The van der Waals surface area contributed by atoms with E-state index in [1.165, 1.54) is 0 Å². The highest BCUT2D eigenvalue weighted by molar-refractivity contribution is 14.0. The molecule has 0 amide bonds. The second kappa shape index (κ2) is 13.9. The monoisotopic (exact) mass is 381 g/mol. The molecule has 1 atom stereocenters. The van der Waals surface area contributed by atoms with Gasteiger partial charge in [0.2, 0.25) is 0 Å². The Balaban J connectivity index is 0. The van der Waals surface area contributed by atoms with Gasteiger partial charge in [-0.25, -0.2) is 0 Å². The first-order chi connectivity index (χ1) is 8.65. The Hall–Kier alpha value is -0.480. The minimum absolute atomic E-state index is 0. The normalized spacial score (nSPS) is 12.5. The lowest BCUT2D eigenvalue weighted by atomic mass is 10.0. The van der Waals surface area contributed by atoms with Crippen LogP contribution >= 0.6 is 24.0 Å². The molecule has 5 heteroatoms. The van der Waals surface area contributed by atoms with Gasteiger partial charge in [0.05, 0.1) is 12.6 Å². The highest BCUT2D eigenvalue weighted by atomic mass is 127. The highest BCUT2D eigenvalue weighted by Crippen LogP contribution is 2.10. The SMILES string of the molecule is C#CCNC(=NCCC(OCC)C(C)C)NCC.I. The number of rotatable bonds is 8. The first-order valence-corrected chi connectivity index (χ1v) is 6.72. The molecule has 0 aromatic heterocycles. The second-order valence-electron chi connectivity index (χ2n) is 4.34. The number of aliphatic imine (C=N–C) groups is 1. The molecule has 0 aliphatic carbocycles. The number of nitrogens with one attached hydrogen (secondary N) is 2. The zero-order valence-corrected chi connectivity index (χ0v) is 14.9. The van der Waals surface area contributed by atoms with E-state index in [0.29, 0.717) is 12.5 Å². The molecule has 2 N–H and O–H groups in total. The van der Waals surface area contributed by atoms with E-state index in [2.05, 4.69) is 35.4 Å². The van der Waals surface area contributed by atoms with Crippen molar-refractivity contribution in [1.29, 1.82) is 0 Å².